The molecule has 2 aliphatic rings. The fourth-order valence-electron chi connectivity index (χ4n) is 3.36. The highest BCUT2D eigenvalue weighted by atomic mass is 16.3. The van der Waals surface area contributed by atoms with Crippen LogP contribution in [0.15, 0.2) is 40.6 Å². The molecule has 4 rings (SSSR count). The maximum absolute atomic E-state index is 13.1. The zero-order valence-electron chi connectivity index (χ0n) is 13.5. The molecule has 128 valence electrons. The van der Waals surface area contributed by atoms with Gasteiger partial charge in [0.2, 0.25) is 0 Å². The molecule has 0 saturated carbocycles. The molecule has 4 N–H and O–H groups in total. The third kappa shape index (κ3) is 2.57. The van der Waals surface area contributed by atoms with Gasteiger partial charge in [-0.15, -0.1) is 0 Å². The molecule has 25 heavy (non-hydrogen) atoms. The van der Waals surface area contributed by atoms with Gasteiger partial charge in [-0.3, -0.25) is 4.79 Å². The molecule has 7 heteroatoms. The lowest BCUT2D eigenvalue weighted by molar-refractivity contribution is 0.103. The second-order valence-electron chi connectivity index (χ2n) is 6.04. The van der Waals surface area contributed by atoms with Crippen molar-refractivity contribution >= 4 is 17.2 Å². The Morgan fingerprint density at radius 1 is 1.12 bits per heavy atom. The number of phenols is 1. The highest BCUT2D eigenvalue weighted by molar-refractivity contribution is 6.17. The smallest absolute Gasteiger partial charge is 0.196 e. The lowest BCUT2D eigenvalue weighted by Gasteiger charge is -2.24. The van der Waals surface area contributed by atoms with Crippen molar-refractivity contribution in [2.24, 2.45) is 10.2 Å². The molecule has 0 fully saturated rings. The van der Waals surface area contributed by atoms with Gasteiger partial charge in [0.05, 0.1) is 17.9 Å². The van der Waals surface area contributed by atoms with Gasteiger partial charge in [-0.2, -0.15) is 10.2 Å². The second kappa shape index (κ2) is 6.27. The summed E-state index contributed by atoms with van der Waals surface area (Å²) in [6.07, 6.45) is 0. The molecule has 0 spiro atoms. The summed E-state index contributed by atoms with van der Waals surface area (Å²) in [5.74, 6) is -0.0681. The van der Waals surface area contributed by atoms with Crippen molar-refractivity contribution < 1.29 is 15.0 Å². The third-order valence-electron chi connectivity index (χ3n) is 4.49. The molecule has 2 aromatic carbocycles. The van der Waals surface area contributed by atoms with E-state index in [9.17, 15) is 9.90 Å². The number of azo groups is 1. The van der Waals surface area contributed by atoms with Gasteiger partial charge >= 0.3 is 0 Å². The Kier molecular flexibility index (Phi) is 3.95. The Balaban J connectivity index is 1.70. The van der Waals surface area contributed by atoms with Gasteiger partial charge in [0.15, 0.2) is 5.78 Å². The summed E-state index contributed by atoms with van der Waals surface area (Å²) >= 11 is 0. The van der Waals surface area contributed by atoms with Crippen molar-refractivity contribution in [1.82, 2.24) is 5.32 Å². The second-order valence-corrected chi connectivity index (χ2v) is 6.04. The first kappa shape index (κ1) is 15.7. The molecule has 1 aliphatic heterocycles. The number of hydrogen-bond acceptors (Lipinski definition) is 7. The van der Waals surface area contributed by atoms with Crippen molar-refractivity contribution in [3.8, 4) is 5.75 Å². The fraction of sp³-hybridized carbons (Fsp3) is 0.278. The van der Waals surface area contributed by atoms with Gasteiger partial charge in [0, 0.05) is 36.4 Å². The Labute approximate surface area is 144 Å². The number of carbonyl (C=O) groups excluding carboxylic acids is 1. The molecule has 1 heterocycles. The summed E-state index contributed by atoms with van der Waals surface area (Å²) in [5, 5.41) is 33.5. The van der Waals surface area contributed by atoms with E-state index < -0.39 is 0 Å². The van der Waals surface area contributed by atoms with Crippen molar-refractivity contribution in [1.29, 1.82) is 0 Å². The molecule has 0 aromatic heterocycles. The van der Waals surface area contributed by atoms with Crippen molar-refractivity contribution in [3.63, 3.8) is 0 Å². The maximum atomic E-state index is 13.1. The van der Waals surface area contributed by atoms with E-state index in [-0.39, 0.29) is 24.2 Å². The number of hydrogen-bond donors (Lipinski definition) is 4. The van der Waals surface area contributed by atoms with Crippen LogP contribution < -0.4 is 10.6 Å². The first-order chi connectivity index (χ1) is 12.2. The zero-order valence-corrected chi connectivity index (χ0v) is 13.5. The minimum Gasteiger partial charge on any atom is -0.508 e. The average Bonchev–Trinajstić information content (AvgIpc) is 3.04. The van der Waals surface area contributed by atoms with E-state index in [1.807, 2.05) is 12.1 Å². The number of ketones is 1. The summed E-state index contributed by atoms with van der Waals surface area (Å²) in [6, 6.07) is 8.21. The lowest BCUT2D eigenvalue weighted by atomic mass is 9.80. The van der Waals surface area contributed by atoms with Crippen LogP contribution in [-0.2, 0) is 0 Å². The molecular weight excluding hydrogens is 320 g/mol. The number of aliphatic hydroxyl groups is 1. The molecule has 0 bridgehead atoms. The van der Waals surface area contributed by atoms with Crippen LogP contribution >= 0.6 is 0 Å². The zero-order chi connectivity index (χ0) is 17.4. The highest BCUT2D eigenvalue weighted by Gasteiger charge is 2.37. The molecule has 7 nitrogen and oxygen atoms in total. The number of fused-ring (bicyclic) bond motifs is 2. The Morgan fingerprint density at radius 2 is 2.00 bits per heavy atom. The number of phenolic OH excluding ortho intramolecular Hbond substituents is 1. The Morgan fingerprint density at radius 3 is 2.84 bits per heavy atom. The van der Waals surface area contributed by atoms with Crippen LogP contribution in [0, 0.1) is 0 Å². The summed E-state index contributed by atoms with van der Waals surface area (Å²) < 4.78 is 0. The van der Waals surface area contributed by atoms with Crippen molar-refractivity contribution in [2.75, 3.05) is 31.6 Å². The van der Waals surface area contributed by atoms with E-state index in [0.29, 0.717) is 30.8 Å². The minimum atomic E-state index is -0.299. The van der Waals surface area contributed by atoms with Crippen molar-refractivity contribution in [2.45, 2.75) is 6.04 Å². The number of nitrogens with one attached hydrogen (secondary N) is 2. The predicted molar refractivity (Wildman–Crippen MR) is 92.8 cm³/mol. The number of nitrogens with zero attached hydrogens (tertiary/aromatic N) is 2. The first-order valence-electron chi connectivity index (χ1n) is 8.21. The predicted octanol–water partition coefficient (Wildman–Crippen LogP) is 2.12. The normalized spacial score (nSPS) is 16.7. The van der Waals surface area contributed by atoms with E-state index in [1.165, 1.54) is 6.07 Å². The molecule has 0 saturated heterocycles. The SMILES string of the molecule is O=C1c2cc(O)ccc2C2N=Nc3ccc(NCCNCCO)c1c32. The Hall–Kier alpha value is -2.77. The van der Waals surface area contributed by atoms with Gasteiger partial charge in [0.25, 0.3) is 0 Å². The van der Waals surface area contributed by atoms with Gasteiger partial charge in [0.1, 0.15) is 11.8 Å². The largest absolute Gasteiger partial charge is 0.508 e. The molecule has 1 aliphatic carbocycles. The van der Waals surface area contributed by atoms with E-state index in [0.717, 1.165) is 22.5 Å². The standard InChI is InChI=1S/C18H18N4O3/c23-8-7-19-5-6-20-13-3-4-14-15-16(13)18(25)12-9-10(24)1-2-11(12)17(15)22-21-14/h1-4,9,17,19-20,23-24H,5-8H2. The molecule has 0 radical (unpaired) electrons. The molecule has 2 aromatic rings. The number of carbonyl (C=O) groups is 1. The quantitative estimate of drug-likeness (QED) is 0.604. The van der Waals surface area contributed by atoms with Crippen LogP contribution in [0.5, 0.6) is 5.75 Å². The molecule has 1 unspecified atom stereocenters. The number of rotatable bonds is 6. The molecule has 1 atom stereocenters. The van der Waals surface area contributed by atoms with Gasteiger partial charge in [-0.05, 0) is 29.8 Å². The fourth-order valence-corrected chi connectivity index (χ4v) is 3.36. The van der Waals surface area contributed by atoms with E-state index in [1.54, 1.807) is 12.1 Å². The van der Waals surface area contributed by atoms with Gasteiger partial charge in [-0.25, -0.2) is 0 Å². The third-order valence-corrected chi connectivity index (χ3v) is 4.49. The van der Waals surface area contributed by atoms with Crippen LogP contribution in [0.1, 0.15) is 33.1 Å². The number of aromatic hydroxyl groups is 1. The van der Waals surface area contributed by atoms with Crippen LogP contribution in [-0.4, -0.2) is 42.2 Å². The highest BCUT2D eigenvalue weighted by Crippen LogP contribution is 2.49. The number of aliphatic hydroxyl groups excluding tert-OH is 1. The summed E-state index contributed by atoms with van der Waals surface area (Å²) in [4.78, 5) is 13.1. The van der Waals surface area contributed by atoms with Crippen molar-refractivity contribution in [3.05, 3.63) is 52.6 Å². The van der Waals surface area contributed by atoms with Crippen LogP contribution in [0.4, 0.5) is 11.4 Å². The van der Waals surface area contributed by atoms with Crippen LogP contribution in [0.25, 0.3) is 0 Å². The van der Waals surface area contributed by atoms with Gasteiger partial charge < -0.3 is 20.8 Å². The van der Waals surface area contributed by atoms with E-state index in [2.05, 4.69) is 20.9 Å². The first-order valence-corrected chi connectivity index (χ1v) is 8.21. The van der Waals surface area contributed by atoms with Gasteiger partial charge in [-0.1, -0.05) is 6.07 Å². The molecule has 0 amide bonds. The summed E-state index contributed by atoms with van der Waals surface area (Å²) in [6.45, 7) is 1.91. The Bertz CT molecular complexity index is 879. The van der Waals surface area contributed by atoms with E-state index in [4.69, 9.17) is 5.11 Å². The van der Waals surface area contributed by atoms with E-state index >= 15 is 0 Å². The number of anilines is 1. The monoisotopic (exact) mass is 338 g/mol. The summed E-state index contributed by atoms with van der Waals surface area (Å²) in [7, 11) is 0. The minimum absolute atomic E-state index is 0.0596. The van der Waals surface area contributed by atoms with Crippen LogP contribution in [0.3, 0.4) is 0 Å². The lowest BCUT2D eigenvalue weighted by Crippen LogP contribution is -2.26. The maximum Gasteiger partial charge on any atom is 0.196 e. The molecular formula is C18H18N4O3. The average molecular weight is 338 g/mol. The summed E-state index contributed by atoms with van der Waals surface area (Å²) in [5.41, 5.74) is 4.11. The topological polar surface area (TPSA) is 106 Å². The number of benzene rings is 2. The van der Waals surface area contributed by atoms with Crippen LogP contribution in [0.2, 0.25) is 0 Å².